The van der Waals surface area contributed by atoms with Crippen LogP contribution in [0.3, 0.4) is 0 Å². The van der Waals surface area contributed by atoms with Crippen molar-refractivity contribution in [2.75, 3.05) is 0 Å². The molecule has 1 rings (SSSR count). The van der Waals surface area contributed by atoms with Crippen molar-refractivity contribution in [3.05, 3.63) is 48.0 Å². The Kier molecular flexibility index (Phi) is 3.67. The molecule has 0 aromatic carbocycles. The lowest BCUT2D eigenvalue weighted by atomic mass is 10.3. The van der Waals surface area contributed by atoms with E-state index < -0.39 is 0 Å². The number of oxime groups is 1. The number of aromatic nitrogens is 1. The van der Waals surface area contributed by atoms with Gasteiger partial charge in [0.25, 0.3) is 0 Å². The first-order valence-corrected chi connectivity index (χ1v) is 4.23. The van der Waals surface area contributed by atoms with Crippen LogP contribution >= 0.6 is 0 Å². The van der Waals surface area contributed by atoms with Crippen LogP contribution in [0.4, 0.5) is 0 Å². The van der Waals surface area contributed by atoms with Gasteiger partial charge < -0.3 is 10.0 Å². The SMILES string of the molecule is C=CC(C)O/N=C/c1cc[n+]([O-])cc1. The highest BCUT2D eigenvalue weighted by Crippen LogP contribution is 1.94. The predicted molar refractivity (Wildman–Crippen MR) is 53.7 cm³/mol. The van der Waals surface area contributed by atoms with Crippen molar-refractivity contribution in [2.45, 2.75) is 13.0 Å². The summed E-state index contributed by atoms with van der Waals surface area (Å²) in [6, 6.07) is 3.30. The second-order valence-corrected chi connectivity index (χ2v) is 2.77. The summed E-state index contributed by atoms with van der Waals surface area (Å²) in [6.07, 6.45) is 5.88. The maximum atomic E-state index is 10.7. The molecule has 1 aromatic rings. The number of pyridine rings is 1. The van der Waals surface area contributed by atoms with Crippen molar-refractivity contribution in [2.24, 2.45) is 5.16 Å². The zero-order valence-electron chi connectivity index (χ0n) is 7.96. The van der Waals surface area contributed by atoms with Gasteiger partial charge in [-0.3, -0.25) is 0 Å². The van der Waals surface area contributed by atoms with E-state index in [0.717, 1.165) is 5.56 Å². The molecule has 4 heteroatoms. The fourth-order valence-corrected chi connectivity index (χ4v) is 0.741. The van der Waals surface area contributed by atoms with Crippen molar-refractivity contribution < 1.29 is 9.57 Å². The van der Waals surface area contributed by atoms with Gasteiger partial charge in [-0.15, -0.1) is 0 Å². The molecule has 0 saturated carbocycles. The maximum absolute atomic E-state index is 10.7. The summed E-state index contributed by atoms with van der Waals surface area (Å²) in [5, 5.41) is 14.4. The Morgan fingerprint density at radius 3 is 2.79 bits per heavy atom. The Morgan fingerprint density at radius 1 is 1.57 bits per heavy atom. The van der Waals surface area contributed by atoms with Gasteiger partial charge in [0.05, 0.1) is 6.21 Å². The molecule has 0 spiro atoms. The first-order valence-electron chi connectivity index (χ1n) is 4.23. The van der Waals surface area contributed by atoms with Crippen molar-refractivity contribution in [3.63, 3.8) is 0 Å². The molecule has 4 nitrogen and oxygen atoms in total. The number of hydrogen-bond acceptors (Lipinski definition) is 3. The molecular weight excluding hydrogens is 180 g/mol. The first-order chi connectivity index (χ1) is 6.72. The Balaban J connectivity index is 2.51. The highest BCUT2D eigenvalue weighted by atomic mass is 16.6. The van der Waals surface area contributed by atoms with Crippen LogP contribution in [0.5, 0.6) is 0 Å². The lowest BCUT2D eigenvalue weighted by Gasteiger charge is -2.01. The molecule has 0 aliphatic carbocycles. The third-order valence-electron chi connectivity index (χ3n) is 1.59. The van der Waals surface area contributed by atoms with E-state index in [9.17, 15) is 5.21 Å². The Hall–Kier alpha value is -1.84. The second-order valence-electron chi connectivity index (χ2n) is 2.77. The molecule has 74 valence electrons. The van der Waals surface area contributed by atoms with E-state index >= 15 is 0 Å². The Labute approximate surface area is 82.7 Å². The van der Waals surface area contributed by atoms with Crippen molar-refractivity contribution in [1.82, 2.24) is 0 Å². The maximum Gasteiger partial charge on any atom is 0.181 e. The molecular formula is C10H12N2O2. The van der Waals surface area contributed by atoms with Crippen LogP contribution in [-0.2, 0) is 4.84 Å². The van der Waals surface area contributed by atoms with Gasteiger partial charge in [-0.2, -0.15) is 4.73 Å². The van der Waals surface area contributed by atoms with Gasteiger partial charge in [0, 0.05) is 17.7 Å². The molecule has 1 atom stereocenters. The number of hydrogen-bond donors (Lipinski definition) is 0. The van der Waals surface area contributed by atoms with Gasteiger partial charge in [-0.1, -0.05) is 11.7 Å². The first kappa shape index (κ1) is 10.2. The second kappa shape index (κ2) is 5.01. The summed E-state index contributed by atoms with van der Waals surface area (Å²) in [5.41, 5.74) is 0.813. The number of nitrogens with zero attached hydrogens (tertiary/aromatic N) is 2. The molecule has 0 saturated heterocycles. The molecule has 1 aromatic heterocycles. The molecule has 0 fully saturated rings. The van der Waals surface area contributed by atoms with Crippen LogP contribution in [-0.4, -0.2) is 12.3 Å². The minimum absolute atomic E-state index is 0.112. The van der Waals surface area contributed by atoms with Gasteiger partial charge in [0.15, 0.2) is 12.4 Å². The normalized spacial score (nSPS) is 12.6. The summed E-state index contributed by atoms with van der Waals surface area (Å²) >= 11 is 0. The van der Waals surface area contributed by atoms with Crippen LogP contribution in [0.15, 0.2) is 42.3 Å². The zero-order chi connectivity index (χ0) is 10.4. The Morgan fingerprint density at radius 2 is 2.21 bits per heavy atom. The van der Waals surface area contributed by atoms with Gasteiger partial charge in [0.1, 0.15) is 6.10 Å². The zero-order valence-corrected chi connectivity index (χ0v) is 7.96. The van der Waals surface area contributed by atoms with Crippen LogP contribution in [0.25, 0.3) is 0 Å². The third-order valence-corrected chi connectivity index (χ3v) is 1.59. The molecule has 1 heterocycles. The lowest BCUT2D eigenvalue weighted by Crippen LogP contribution is -2.23. The summed E-state index contributed by atoms with van der Waals surface area (Å²) in [4.78, 5) is 4.99. The van der Waals surface area contributed by atoms with E-state index in [4.69, 9.17) is 4.84 Å². The smallest absolute Gasteiger partial charge is 0.181 e. The van der Waals surface area contributed by atoms with E-state index in [0.29, 0.717) is 4.73 Å². The molecule has 0 aliphatic heterocycles. The highest BCUT2D eigenvalue weighted by molar-refractivity contribution is 5.78. The fraction of sp³-hybridized carbons (Fsp3) is 0.200. The van der Waals surface area contributed by atoms with Crippen LogP contribution in [0, 0.1) is 5.21 Å². The standard InChI is InChI=1S/C10H12N2O2/c1-3-9(2)14-11-8-10-4-6-12(13)7-5-10/h3-9H,1H2,2H3/b11-8+. The summed E-state index contributed by atoms with van der Waals surface area (Å²) in [5.74, 6) is 0. The van der Waals surface area contributed by atoms with Gasteiger partial charge in [0.2, 0.25) is 0 Å². The molecule has 0 amide bonds. The average Bonchev–Trinajstić information content (AvgIpc) is 2.21. The van der Waals surface area contributed by atoms with Crippen molar-refractivity contribution in [3.8, 4) is 0 Å². The van der Waals surface area contributed by atoms with Crippen molar-refractivity contribution in [1.29, 1.82) is 0 Å². The van der Waals surface area contributed by atoms with E-state index in [1.165, 1.54) is 12.4 Å². The van der Waals surface area contributed by atoms with E-state index in [2.05, 4.69) is 11.7 Å². The summed E-state index contributed by atoms with van der Waals surface area (Å²) in [7, 11) is 0. The monoisotopic (exact) mass is 192 g/mol. The largest absolute Gasteiger partial charge is 0.619 e. The highest BCUT2D eigenvalue weighted by Gasteiger charge is 1.93. The van der Waals surface area contributed by atoms with E-state index in [-0.39, 0.29) is 6.10 Å². The molecule has 0 N–H and O–H groups in total. The lowest BCUT2D eigenvalue weighted by molar-refractivity contribution is -0.605. The Bertz CT molecular complexity index is 319. The number of rotatable bonds is 4. The molecule has 0 radical (unpaired) electrons. The quantitative estimate of drug-likeness (QED) is 0.237. The van der Waals surface area contributed by atoms with E-state index in [1.54, 1.807) is 24.4 Å². The fourth-order valence-electron chi connectivity index (χ4n) is 0.741. The molecule has 1 unspecified atom stereocenters. The van der Waals surface area contributed by atoms with E-state index in [1.807, 2.05) is 6.92 Å². The third kappa shape index (κ3) is 3.26. The predicted octanol–water partition coefficient (Wildman–Crippen LogP) is 1.24. The summed E-state index contributed by atoms with van der Waals surface area (Å²) < 4.78 is 0.713. The minimum atomic E-state index is -0.112. The van der Waals surface area contributed by atoms with Gasteiger partial charge >= 0.3 is 0 Å². The van der Waals surface area contributed by atoms with Gasteiger partial charge in [-0.05, 0) is 13.0 Å². The van der Waals surface area contributed by atoms with Crippen LogP contribution in [0.2, 0.25) is 0 Å². The average molecular weight is 192 g/mol. The van der Waals surface area contributed by atoms with Crippen molar-refractivity contribution >= 4 is 6.21 Å². The van der Waals surface area contributed by atoms with Crippen LogP contribution in [0.1, 0.15) is 12.5 Å². The van der Waals surface area contributed by atoms with Gasteiger partial charge in [-0.25, -0.2) is 0 Å². The van der Waals surface area contributed by atoms with Crippen LogP contribution < -0.4 is 4.73 Å². The molecule has 14 heavy (non-hydrogen) atoms. The minimum Gasteiger partial charge on any atom is -0.619 e. The molecule has 0 bridgehead atoms. The topological polar surface area (TPSA) is 48.5 Å². The molecule has 0 aliphatic rings. The summed E-state index contributed by atoms with van der Waals surface area (Å²) in [6.45, 7) is 5.39.